The maximum Gasteiger partial charge on any atom is 0.249 e. The van der Waals surface area contributed by atoms with Crippen LogP contribution in [0.3, 0.4) is 0 Å². The van der Waals surface area contributed by atoms with Gasteiger partial charge in [0.15, 0.2) is 0 Å². The molecule has 1 unspecified atom stereocenters. The highest BCUT2D eigenvalue weighted by molar-refractivity contribution is 5.92. The summed E-state index contributed by atoms with van der Waals surface area (Å²) in [7, 11) is 0. The van der Waals surface area contributed by atoms with Crippen LogP contribution in [-0.4, -0.2) is 10.9 Å². The van der Waals surface area contributed by atoms with E-state index in [2.05, 4.69) is 22.0 Å². The summed E-state index contributed by atoms with van der Waals surface area (Å²) in [5.74, 6) is -0.311. The van der Waals surface area contributed by atoms with E-state index in [4.69, 9.17) is 0 Å². The van der Waals surface area contributed by atoms with Crippen LogP contribution in [0.25, 0.3) is 16.6 Å². The molecule has 1 radical (unpaired) electrons. The fourth-order valence-electron chi connectivity index (χ4n) is 2.65. The minimum absolute atomic E-state index is 0.0527. The Bertz CT molecular complexity index is 833. The summed E-state index contributed by atoms with van der Waals surface area (Å²) in [5.41, 5.74) is 9.20. The molecule has 2 heterocycles. The number of nitrogens with one attached hydrogen (secondary N) is 2. The molecule has 21 heavy (non-hydrogen) atoms. The second kappa shape index (κ2) is 4.59. The van der Waals surface area contributed by atoms with Gasteiger partial charge in [-0.3, -0.25) is 15.6 Å². The van der Waals surface area contributed by atoms with Gasteiger partial charge in [0.25, 0.3) is 0 Å². The summed E-state index contributed by atoms with van der Waals surface area (Å²) in [6, 6.07) is 9.93. The number of carbonyl (C=O) groups is 1. The smallest absolute Gasteiger partial charge is 0.249 e. The number of hydrogen-bond donors (Lipinski definition) is 2. The summed E-state index contributed by atoms with van der Waals surface area (Å²) < 4.78 is 0. The monoisotopic (exact) mass is 274 g/mol. The highest BCUT2D eigenvalue weighted by atomic mass is 16.2. The van der Waals surface area contributed by atoms with Crippen LogP contribution in [0, 0.1) is 12.1 Å². The molecule has 4 heteroatoms. The number of fused-ring (bicyclic) bond motifs is 2. The number of rotatable bonds is 1. The zero-order chi connectivity index (χ0) is 14.2. The van der Waals surface area contributed by atoms with Crippen LogP contribution >= 0.6 is 0 Å². The van der Waals surface area contributed by atoms with Gasteiger partial charge in [-0.2, -0.15) is 0 Å². The predicted molar refractivity (Wildman–Crippen MR) is 80.5 cm³/mol. The molecule has 1 aliphatic heterocycles. The first kappa shape index (κ1) is 11.9. The number of allylic oxidation sites excluding steroid dienone is 3. The third kappa shape index (κ3) is 1.92. The Kier molecular flexibility index (Phi) is 2.60. The van der Waals surface area contributed by atoms with Crippen molar-refractivity contribution in [1.29, 1.82) is 0 Å². The summed E-state index contributed by atoms with van der Waals surface area (Å²) in [6.45, 7) is 0. The van der Waals surface area contributed by atoms with Crippen molar-refractivity contribution >= 4 is 22.5 Å². The molecule has 2 aliphatic rings. The molecule has 1 aromatic carbocycles. The van der Waals surface area contributed by atoms with E-state index >= 15 is 0 Å². The fourth-order valence-corrected chi connectivity index (χ4v) is 2.65. The molecule has 1 amide bonds. The third-order valence-electron chi connectivity index (χ3n) is 3.71. The number of pyridine rings is 1. The van der Waals surface area contributed by atoms with Gasteiger partial charge in [0.05, 0.1) is 23.3 Å². The molecular formula is C17H12N3O. The lowest BCUT2D eigenvalue weighted by Gasteiger charge is -2.27. The number of carbonyl (C=O) groups excluding carboxylic acids is 1. The van der Waals surface area contributed by atoms with Gasteiger partial charge in [-0.05, 0) is 17.7 Å². The topological polar surface area (TPSA) is 54.0 Å². The van der Waals surface area contributed by atoms with Gasteiger partial charge in [0.2, 0.25) is 5.91 Å². The number of hydrazine groups is 1. The first-order valence-corrected chi connectivity index (χ1v) is 6.76. The van der Waals surface area contributed by atoms with E-state index in [9.17, 15) is 4.79 Å². The Morgan fingerprint density at radius 3 is 3.00 bits per heavy atom. The molecule has 4 rings (SSSR count). The minimum Gasteiger partial charge on any atom is -0.298 e. The van der Waals surface area contributed by atoms with Gasteiger partial charge in [0, 0.05) is 10.9 Å². The zero-order valence-electron chi connectivity index (χ0n) is 11.1. The lowest BCUT2D eigenvalue weighted by molar-refractivity contribution is -0.123. The maximum absolute atomic E-state index is 11.9. The van der Waals surface area contributed by atoms with E-state index in [1.54, 1.807) is 0 Å². The van der Waals surface area contributed by atoms with Gasteiger partial charge in [-0.25, -0.2) is 4.98 Å². The van der Waals surface area contributed by atoms with Crippen LogP contribution in [0.4, 0.5) is 0 Å². The van der Waals surface area contributed by atoms with Crippen LogP contribution in [0.1, 0.15) is 5.56 Å². The SMILES string of the molecule is O=C1NNC(c2[c]nc3ccccc3c2)=C2C=CC=CC12. The quantitative estimate of drug-likeness (QED) is 0.837. The van der Waals surface area contributed by atoms with Gasteiger partial charge < -0.3 is 0 Å². The Balaban J connectivity index is 1.88. The largest absolute Gasteiger partial charge is 0.298 e. The molecule has 4 nitrogen and oxygen atoms in total. The highest BCUT2D eigenvalue weighted by Gasteiger charge is 2.28. The average Bonchev–Trinajstić information content (AvgIpc) is 2.55. The van der Waals surface area contributed by atoms with Crippen molar-refractivity contribution in [3.8, 4) is 0 Å². The predicted octanol–water partition coefficient (Wildman–Crippen LogP) is 2.12. The van der Waals surface area contributed by atoms with Gasteiger partial charge in [-0.15, -0.1) is 0 Å². The first-order chi connectivity index (χ1) is 10.3. The Morgan fingerprint density at radius 2 is 2.05 bits per heavy atom. The number of aromatic nitrogens is 1. The van der Waals surface area contributed by atoms with Crippen LogP contribution in [0.5, 0.6) is 0 Å². The lowest BCUT2D eigenvalue weighted by atomic mass is 9.89. The maximum atomic E-state index is 11.9. The van der Waals surface area contributed by atoms with Crippen molar-refractivity contribution in [2.24, 2.45) is 5.92 Å². The molecule has 2 aromatic rings. The van der Waals surface area contributed by atoms with Crippen molar-refractivity contribution in [3.63, 3.8) is 0 Å². The van der Waals surface area contributed by atoms with Crippen molar-refractivity contribution in [2.75, 3.05) is 0 Å². The molecule has 1 aromatic heterocycles. The number of amides is 1. The molecule has 101 valence electrons. The van der Waals surface area contributed by atoms with E-state index in [0.717, 1.165) is 27.7 Å². The molecule has 0 bridgehead atoms. The average molecular weight is 274 g/mol. The van der Waals surface area contributed by atoms with E-state index in [1.165, 1.54) is 0 Å². The second-order valence-electron chi connectivity index (χ2n) is 5.01. The molecule has 0 saturated heterocycles. The van der Waals surface area contributed by atoms with Crippen LogP contribution < -0.4 is 10.9 Å². The minimum atomic E-state index is -0.258. The van der Waals surface area contributed by atoms with Gasteiger partial charge >= 0.3 is 0 Å². The first-order valence-electron chi connectivity index (χ1n) is 6.76. The summed E-state index contributed by atoms with van der Waals surface area (Å²) in [5, 5.41) is 1.05. The highest BCUT2D eigenvalue weighted by Crippen LogP contribution is 2.29. The van der Waals surface area contributed by atoms with Crippen molar-refractivity contribution in [2.45, 2.75) is 0 Å². The van der Waals surface area contributed by atoms with E-state index in [0.29, 0.717) is 0 Å². The lowest BCUT2D eigenvalue weighted by Crippen LogP contribution is -2.45. The van der Waals surface area contributed by atoms with Gasteiger partial charge in [0.1, 0.15) is 0 Å². The van der Waals surface area contributed by atoms with E-state index in [-0.39, 0.29) is 11.8 Å². The summed E-state index contributed by atoms with van der Waals surface area (Å²) in [4.78, 5) is 16.3. The molecule has 2 N–H and O–H groups in total. The molecular weight excluding hydrogens is 262 g/mol. The molecule has 1 aliphatic carbocycles. The molecule has 0 spiro atoms. The van der Waals surface area contributed by atoms with E-state index in [1.807, 2.05) is 54.6 Å². The summed E-state index contributed by atoms with van der Waals surface area (Å²) in [6.07, 6.45) is 10.7. The fraction of sp³-hybridized carbons (Fsp3) is 0.0588. The molecule has 1 atom stereocenters. The van der Waals surface area contributed by atoms with Crippen molar-refractivity contribution in [1.82, 2.24) is 15.8 Å². The van der Waals surface area contributed by atoms with Crippen LogP contribution in [-0.2, 0) is 4.79 Å². The van der Waals surface area contributed by atoms with E-state index < -0.39 is 0 Å². The number of benzene rings is 1. The standard InChI is InChI=1S/C17H12N3O/c21-17-14-7-3-2-6-13(14)16(19-20-17)12-9-11-5-1-4-8-15(11)18-10-12/h1-9,14,19H,(H,20,21). The molecule has 0 fully saturated rings. The van der Waals surface area contributed by atoms with Crippen molar-refractivity contribution < 1.29 is 4.79 Å². The second-order valence-corrected chi connectivity index (χ2v) is 5.01. The summed E-state index contributed by atoms with van der Waals surface area (Å²) >= 11 is 0. The Morgan fingerprint density at radius 1 is 1.14 bits per heavy atom. The Hall–Kier alpha value is -2.88. The number of hydrogen-bond acceptors (Lipinski definition) is 3. The van der Waals surface area contributed by atoms with Gasteiger partial charge in [-0.1, -0.05) is 42.5 Å². The number of nitrogens with zero attached hydrogens (tertiary/aromatic N) is 1. The zero-order valence-corrected chi connectivity index (χ0v) is 11.1. The Labute approximate surface area is 121 Å². The van der Waals surface area contributed by atoms with Crippen molar-refractivity contribution in [3.05, 3.63) is 72.0 Å². The normalized spacial score (nSPS) is 20.2. The third-order valence-corrected chi connectivity index (χ3v) is 3.71. The van der Waals surface area contributed by atoms with Crippen LogP contribution in [0.15, 0.2) is 60.2 Å². The molecule has 0 saturated carbocycles. The number of para-hydroxylation sites is 1. The van der Waals surface area contributed by atoms with Crippen LogP contribution in [0.2, 0.25) is 0 Å².